The molecule has 2 aromatic rings. The number of nitrogens with zero attached hydrogens (tertiary/aromatic N) is 1. The minimum atomic E-state index is -0.632. The minimum absolute atomic E-state index is 0.112. The highest BCUT2D eigenvalue weighted by Crippen LogP contribution is 2.31. The number of halogens is 2. The molecule has 1 aromatic carbocycles. The predicted molar refractivity (Wildman–Crippen MR) is 63.5 cm³/mol. The molecule has 0 atom stereocenters. The maximum atomic E-state index is 13.9. The highest BCUT2D eigenvalue weighted by molar-refractivity contribution is 5.75. The average molecular weight is 234 g/mol. The van der Waals surface area contributed by atoms with Gasteiger partial charge in [-0.1, -0.05) is 6.07 Å². The van der Waals surface area contributed by atoms with Crippen molar-refractivity contribution in [1.82, 2.24) is 4.98 Å². The molecule has 0 amide bonds. The molecule has 0 aliphatic carbocycles. The number of pyridine rings is 1. The van der Waals surface area contributed by atoms with Crippen LogP contribution in [0.5, 0.6) is 0 Å². The Hall–Kier alpha value is -1.97. The van der Waals surface area contributed by atoms with E-state index in [1.807, 2.05) is 0 Å². The normalized spacial score (nSPS) is 10.6. The van der Waals surface area contributed by atoms with Gasteiger partial charge in [-0.25, -0.2) is 13.8 Å². The van der Waals surface area contributed by atoms with E-state index in [4.69, 9.17) is 5.73 Å². The lowest BCUT2D eigenvalue weighted by molar-refractivity contribution is 0.583. The smallest absolute Gasteiger partial charge is 0.137 e. The molecule has 0 saturated heterocycles. The van der Waals surface area contributed by atoms with Crippen molar-refractivity contribution in [2.24, 2.45) is 0 Å². The van der Waals surface area contributed by atoms with Gasteiger partial charge in [-0.15, -0.1) is 0 Å². The van der Waals surface area contributed by atoms with Crippen molar-refractivity contribution < 1.29 is 8.78 Å². The third-order valence-corrected chi connectivity index (χ3v) is 2.61. The number of aromatic nitrogens is 1. The van der Waals surface area contributed by atoms with Crippen LogP contribution in [0, 0.1) is 25.5 Å². The third kappa shape index (κ3) is 1.98. The van der Waals surface area contributed by atoms with Gasteiger partial charge in [-0.05, 0) is 37.1 Å². The largest absolute Gasteiger partial charge is 0.383 e. The number of rotatable bonds is 1. The molecule has 0 radical (unpaired) electrons. The van der Waals surface area contributed by atoms with E-state index in [1.54, 1.807) is 26.1 Å². The summed E-state index contributed by atoms with van der Waals surface area (Å²) in [6.45, 7) is 3.37. The lowest BCUT2D eigenvalue weighted by Gasteiger charge is -2.10. The molecule has 17 heavy (non-hydrogen) atoms. The van der Waals surface area contributed by atoms with Crippen LogP contribution < -0.4 is 5.73 Å². The molecule has 1 aromatic heterocycles. The first-order valence-electron chi connectivity index (χ1n) is 5.18. The van der Waals surface area contributed by atoms with Gasteiger partial charge in [0.25, 0.3) is 0 Å². The van der Waals surface area contributed by atoms with Gasteiger partial charge in [-0.2, -0.15) is 0 Å². The van der Waals surface area contributed by atoms with Crippen molar-refractivity contribution in [3.63, 3.8) is 0 Å². The molecule has 4 heteroatoms. The van der Waals surface area contributed by atoms with E-state index >= 15 is 0 Å². The zero-order chi connectivity index (χ0) is 12.6. The Labute approximate surface area is 98.1 Å². The molecule has 0 saturated carbocycles. The van der Waals surface area contributed by atoms with E-state index in [-0.39, 0.29) is 11.4 Å². The summed E-state index contributed by atoms with van der Waals surface area (Å²) >= 11 is 0. The SMILES string of the molecule is Cc1cnc(N)c(-c2c(F)ccc(C)c2F)c1. The number of benzene rings is 1. The Balaban J connectivity index is 2.76. The Kier molecular flexibility index (Phi) is 2.79. The van der Waals surface area contributed by atoms with Crippen molar-refractivity contribution >= 4 is 5.82 Å². The summed E-state index contributed by atoms with van der Waals surface area (Å²) in [6.07, 6.45) is 1.56. The van der Waals surface area contributed by atoms with Crippen LogP contribution in [0.4, 0.5) is 14.6 Å². The number of nitrogen functional groups attached to an aromatic ring is 1. The molecular formula is C13H12F2N2. The Morgan fingerprint density at radius 2 is 1.88 bits per heavy atom. The third-order valence-electron chi connectivity index (χ3n) is 2.61. The van der Waals surface area contributed by atoms with Crippen molar-refractivity contribution in [1.29, 1.82) is 0 Å². The lowest BCUT2D eigenvalue weighted by atomic mass is 10.0. The van der Waals surface area contributed by atoms with Crippen molar-refractivity contribution in [2.45, 2.75) is 13.8 Å². The van der Waals surface area contributed by atoms with E-state index in [0.29, 0.717) is 11.1 Å². The molecule has 0 fully saturated rings. The molecule has 1 heterocycles. The van der Waals surface area contributed by atoms with Gasteiger partial charge < -0.3 is 5.73 Å². The van der Waals surface area contributed by atoms with E-state index in [9.17, 15) is 8.78 Å². The second-order valence-electron chi connectivity index (χ2n) is 4.00. The Morgan fingerprint density at radius 3 is 2.59 bits per heavy atom. The molecule has 0 aliphatic heterocycles. The van der Waals surface area contributed by atoms with Crippen LogP contribution in [0.25, 0.3) is 11.1 Å². The fourth-order valence-electron chi connectivity index (χ4n) is 1.68. The van der Waals surface area contributed by atoms with Gasteiger partial charge in [0.2, 0.25) is 0 Å². The number of anilines is 1. The van der Waals surface area contributed by atoms with E-state index in [0.717, 1.165) is 5.56 Å². The van der Waals surface area contributed by atoms with Crippen LogP contribution in [0.2, 0.25) is 0 Å². The quantitative estimate of drug-likeness (QED) is 0.822. The second-order valence-corrected chi connectivity index (χ2v) is 4.00. The Morgan fingerprint density at radius 1 is 1.18 bits per heavy atom. The second kappa shape index (κ2) is 4.13. The lowest BCUT2D eigenvalue weighted by Crippen LogP contribution is -2.00. The highest BCUT2D eigenvalue weighted by Gasteiger charge is 2.16. The van der Waals surface area contributed by atoms with Gasteiger partial charge in [-0.3, -0.25) is 0 Å². The summed E-state index contributed by atoms with van der Waals surface area (Å²) in [5.41, 5.74) is 7.03. The number of aryl methyl sites for hydroxylation is 2. The van der Waals surface area contributed by atoms with Crippen molar-refractivity contribution in [2.75, 3.05) is 5.73 Å². The van der Waals surface area contributed by atoms with E-state index < -0.39 is 11.6 Å². The maximum Gasteiger partial charge on any atom is 0.137 e. The fraction of sp³-hybridized carbons (Fsp3) is 0.154. The first-order chi connectivity index (χ1) is 8.00. The topological polar surface area (TPSA) is 38.9 Å². The molecule has 88 valence electrons. The van der Waals surface area contributed by atoms with Crippen molar-refractivity contribution in [3.8, 4) is 11.1 Å². The predicted octanol–water partition coefficient (Wildman–Crippen LogP) is 3.23. The number of nitrogens with two attached hydrogens (primary N) is 1. The standard InChI is InChI=1S/C13H12F2N2/c1-7-5-9(13(16)17-6-7)11-10(14)4-3-8(2)12(11)15/h3-6H,1-2H3,(H2,16,17). The van der Waals surface area contributed by atoms with E-state index in [2.05, 4.69) is 4.98 Å². The average Bonchev–Trinajstić information content (AvgIpc) is 2.29. The van der Waals surface area contributed by atoms with Gasteiger partial charge >= 0.3 is 0 Å². The molecule has 2 N–H and O–H groups in total. The zero-order valence-electron chi connectivity index (χ0n) is 9.59. The number of hydrogen-bond acceptors (Lipinski definition) is 2. The van der Waals surface area contributed by atoms with Crippen LogP contribution in [-0.2, 0) is 0 Å². The summed E-state index contributed by atoms with van der Waals surface area (Å²) < 4.78 is 27.6. The molecule has 0 aliphatic rings. The summed E-state index contributed by atoms with van der Waals surface area (Å²) in [4.78, 5) is 3.91. The molecule has 0 bridgehead atoms. The molecule has 0 spiro atoms. The van der Waals surface area contributed by atoms with Crippen LogP contribution >= 0.6 is 0 Å². The Bertz CT molecular complexity index is 580. The van der Waals surface area contributed by atoms with Gasteiger partial charge in [0.1, 0.15) is 17.5 Å². The van der Waals surface area contributed by atoms with Crippen LogP contribution in [0.3, 0.4) is 0 Å². The molecular weight excluding hydrogens is 222 g/mol. The maximum absolute atomic E-state index is 13.9. The highest BCUT2D eigenvalue weighted by atomic mass is 19.1. The zero-order valence-corrected chi connectivity index (χ0v) is 9.59. The fourth-order valence-corrected chi connectivity index (χ4v) is 1.68. The monoisotopic (exact) mass is 234 g/mol. The van der Waals surface area contributed by atoms with Crippen LogP contribution in [-0.4, -0.2) is 4.98 Å². The van der Waals surface area contributed by atoms with Crippen LogP contribution in [0.15, 0.2) is 24.4 Å². The van der Waals surface area contributed by atoms with Crippen LogP contribution in [0.1, 0.15) is 11.1 Å². The number of hydrogen-bond donors (Lipinski definition) is 1. The summed E-state index contributed by atoms with van der Waals surface area (Å²) in [7, 11) is 0. The van der Waals surface area contributed by atoms with Gasteiger partial charge in [0.05, 0.1) is 5.56 Å². The summed E-state index contributed by atoms with van der Waals surface area (Å²) in [5.74, 6) is -1.10. The first kappa shape index (κ1) is 11.5. The van der Waals surface area contributed by atoms with Crippen molar-refractivity contribution in [3.05, 3.63) is 47.2 Å². The van der Waals surface area contributed by atoms with E-state index in [1.165, 1.54) is 12.1 Å². The van der Waals surface area contributed by atoms with Gasteiger partial charge in [0, 0.05) is 11.8 Å². The minimum Gasteiger partial charge on any atom is -0.383 e. The first-order valence-corrected chi connectivity index (χ1v) is 5.18. The molecule has 2 nitrogen and oxygen atoms in total. The summed E-state index contributed by atoms with van der Waals surface area (Å²) in [5, 5.41) is 0. The molecule has 2 rings (SSSR count). The van der Waals surface area contributed by atoms with Gasteiger partial charge in [0.15, 0.2) is 0 Å². The summed E-state index contributed by atoms with van der Waals surface area (Å²) in [6, 6.07) is 4.26. The molecule has 0 unspecified atom stereocenters.